The third-order valence-corrected chi connectivity index (χ3v) is 6.44. The Morgan fingerprint density at radius 1 is 1.00 bits per heavy atom. The quantitative estimate of drug-likeness (QED) is 0.443. The number of hydrogen-bond acceptors (Lipinski definition) is 3. The summed E-state index contributed by atoms with van der Waals surface area (Å²) < 4.78 is 47.4. The van der Waals surface area contributed by atoms with Crippen LogP contribution in [0.1, 0.15) is 27.8 Å². The lowest BCUT2D eigenvalue weighted by molar-refractivity contribution is 0.0641. The van der Waals surface area contributed by atoms with Gasteiger partial charge in [0.2, 0.25) is 0 Å². The molecular weight excluding hydrogens is 431 g/mol. The fourth-order valence-corrected chi connectivity index (χ4v) is 4.95. The molecule has 1 atom stereocenters. The summed E-state index contributed by atoms with van der Waals surface area (Å²) in [5.41, 5.74) is 3.64. The number of ether oxygens (including phenoxy) is 1. The number of fused-ring (bicyclic) bond motifs is 6. The van der Waals surface area contributed by atoms with Crippen LogP contribution in [0.25, 0.3) is 10.9 Å². The Balaban J connectivity index is 1.62. The molecule has 33 heavy (non-hydrogen) atoms. The number of methoxy groups -OCH3 is 1. The Kier molecular flexibility index (Phi) is 4.20. The molecule has 1 aromatic heterocycles. The normalized spacial score (nSPS) is 17.1. The highest BCUT2D eigenvalue weighted by atomic mass is 19.2. The summed E-state index contributed by atoms with van der Waals surface area (Å²) in [4.78, 5) is 20.2. The minimum atomic E-state index is -1.00. The van der Waals surface area contributed by atoms with Crippen LogP contribution in [0.15, 0.2) is 54.6 Å². The van der Waals surface area contributed by atoms with E-state index in [0.29, 0.717) is 30.1 Å². The predicted octanol–water partition coefficient (Wildman–Crippen LogP) is 5.44. The van der Waals surface area contributed by atoms with E-state index >= 15 is 0 Å². The molecule has 0 radical (unpaired) electrons. The van der Waals surface area contributed by atoms with E-state index in [1.807, 2.05) is 18.2 Å². The van der Waals surface area contributed by atoms with Crippen molar-refractivity contribution >= 4 is 28.2 Å². The van der Waals surface area contributed by atoms with Gasteiger partial charge in [-0.25, -0.2) is 13.2 Å². The molecule has 0 saturated heterocycles. The second-order valence-electron chi connectivity index (χ2n) is 8.18. The second-order valence-corrected chi connectivity index (χ2v) is 8.18. The maximum atomic E-state index is 14.3. The SMILES string of the molecule is COc1ccc2[nH]c3c(c2c1)CCN1C(=O)c2cc(F)ccc2N(c2ccc(F)c(F)c2)C31. The molecule has 3 aromatic carbocycles. The number of carbonyl (C=O) groups is 1. The van der Waals surface area contributed by atoms with Gasteiger partial charge in [0.1, 0.15) is 11.6 Å². The van der Waals surface area contributed by atoms with Crippen LogP contribution < -0.4 is 9.64 Å². The minimum Gasteiger partial charge on any atom is -0.497 e. The molecule has 1 N–H and O–H groups in total. The highest BCUT2D eigenvalue weighted by Crippen LogP contribution is 2.47. The number of aromatic nitrogens is 1. The lowest BCUT2D eigenvalue weighted by Gasteiger charge is -2.47. The third-order valence-electron chi connectivity index (χ3n) is 6.44. The fraction of sp³-hybridized carbons (Fsp3) is 0.160. The van der Waals surface area contributed by atoms with Crippen molar-refractivity contribution < 1.29 is 22.7 Å². The van der Waals surface area contributed by atoms with E-state index in [0.717, 1.165) is 34.3 Å². The molecule has 0 fully saturated rings. The number of halogens is 3. The molecule has 1 amide bonds. The van der Waals surface area contributed by atoms with Crippen molar-refractivity contribution in [1.29, 1.82) is 0 Å². The number of amides is 1. The zero-order valence-electron chi connectivity index (χ0n) is 17.5. The summed E-state index contributed by atoms with van der Waals surface area (Å²) in [6, 6.07) is 13.2. The Labute approximate surface area is 187 Å². The van der Waals surface area contributed by atoms with Crippen LogP contribution in [0.5, 0.6) is 5.75 Å². The molecule has 8 heteroatoms. The van der Waals surface area contributed by atoms with E-state index in [4.69, 9.17) is 4.74 Å². The van der Waals surface area contributed by atoms with Gasteiger partial charge in [-0.15, -0.1) is 0 Å². The van der Waals surface area contributed by atoms with Crippen molar-refractivity contribution in [3.63, 3.8) is 0 Å². The summed E-state index contributed by atoms with van der Waals surface area (Å²) in [6.45, 7) is 0.386. The summed E-state index contributed by atoms with van der Waals surface area (Å²) in [5, 5.41) is 0.978. The third kappa shape index (κ3) is 2.83. The first-order valence-corrected chi connectivity index (χ1v) is 10.5. The molecule has 4 aromatic rings. The topological polar surface area (TPSA) is 48.6 Å². The van der Waals surface area contributed by atoms with Gasteiger partial charge in [-0.05, 0) is 60.5 Å². The van der Waals surface area contributed by atoms with Gasteiger partial charge in [0.05, 0.1) is 24.1 Å². The van der Waals surface area contributed by atoms with E-state index in [2.05, 4.69) is 4.98 Å². The van der Waals surface area contributed by atoms with E-state index in [9.17, 15) is 18.0 Å². The molecule has 0 saturated carbocycles. The number of benzene rings is 3. The zero-order chi connectivity index (χ0) is 22.9. The standard InChI is InChI=1S/C25H18F3N3O2/c1-33-15-4-6-21-17(12-15)16-8-9-30-24(23(16)29-21)31(14-3-5-19(27)20(28)11-14)22-7-2-13(26)10-18(22)25(30)32/h2-7,10-12,24,29H,8-9H2,1H3. The number of anilines is 2. The Bertz CT molecular complexity index is 1450. The average molecular weight is 449 g/mol. The molecule has 0 spiro atoms. The number of nitrogens with one attached hydrogen (secondary N) is 1. The monoisotopic (exact) mass is 449 g/mol. The lowest BCUT2D eigenvalue weighted by atomic mass is 9.95. The van der Waals surface area contributed by atoms with Crippen molar-refractivity contribution in [2.75, 3.05) is 18.6 Å². The van der Waals surface area contributed by atoms with Gasteiger partial charge in [-0.3, -0.25) is 4.79 Å². The minimum absolute atomic E-state index is 0.178. The molecule has 5 nitrogen and oxygen atoms in total. The molecule has 1 unspecified atom stereocenters. The van der Waals surface area contributed by atoms with Gasteiger partial charge in [0.25, 0.3) is 5.91 Å². The number of hydrogen-bond donors (Lipinski definition) is 1. The molecular formula is C25H18F3N3O2. The summed E-state index contributed by atoms with van der Waals surface area (Å²) in [5.74, 6) is -2.11. The van der Waals surface area contributed by atoms with Crippen LogP contribution >= 0.6 is 0 Å². The lowest BCUT2D eigenvalue weighted by Crippen LogP contribution is -2.50. The van der Waals surface area contributed by atoms with Crippen LogP contribution in [0.4, 0.5) is 24.5 Å². The van der Waals surface area contributed by atoms with Gasteiger partial charge in [-0.1, -0.05) is 0 Å². The number of nitrogens with zero attached hydrogens (tertiary/aromatic N) is 2. The van der Waals surface area contributed by atoms with Crippen molar-refractivity contribution in [3.8, 4) is 5.75 Å². The molecule has 0 bridgehead atoms. The highest BCUT2D eigenvalue weighted by molar-refractivity contribution is 6.04. The summed E-state index contributed by atoms with van der Waals surface area (Å²) in [6.07, 6.45) is -0.0523. The second kappa shape index (κ2) is 7.03. The molecule has 3 heterocycles. The van der Waals surface area contributed by atoms with E-state index in [1.165, 1.54) is 24.3 Å². The zero-order valence-corrected chi connectivity index (χ0v) is 17.5. The molecule has 2 aliphatic rings. The Hall–Kier alpha value is -3.94. The van der Waals surface area contributed by atoms with Gasteiger partial charge in [0, 0.05) is 29.2 Å². The largest absolute Gasteiger partial charge is 0.497 e. The first kappa shape index (κ1) is 19.7. The van der Waals surface area contributed by atoms with Crippen molar-refractivity contribution in [1.82, 2.24) is 9.88 Å². The maximum Gasteiger partial charge on any atom is 0.258 e. The van der Waals surface area contributed by atoms with Gasteiger partial charge < -0.3 is 19.5 Å². The van der Waals surface area contributed by atoms with Crippen LogP contribution in [0.3, 0.4) is 0 Å². The summed E-state index contributed by atoms with van der Waals surface area (Å²) >= 11 is 0. The fourth-order valence-electron chi connectivity index (χ4n) is 4.95. The average Bonchev–Trinajstić information content (AvgIpc) is 3.19. The summed E-state index contributed by atoms with van der Waals surface area (Å²) in [7, 11) is 1.60. The van der Waals surface area contributed by atoms with Gasteiger partial charge in [0.15, 0.2) is 17.8 Å². The first-order chi connectivity index (χ1) is 16.0. The van der Waals surface area contributed by atoms with Gasteiger partial charge >= 0.3 is 0 Å². The Morgan fingerprint density at radius 3 is 2.64 bits per heavy atom. The van der Waals surface area contributed by atoms with Crippen LogP contribution in [0.2, 0.25) is 0 Å². The van der Waals surface area contributed by atoms with Crippen LogP contribution in [-0.4, -0.2) is 29.4 Å². The van der Waals surface area contributed by atoms with E-state index < -0.39 is 23.6 Å². The number of rotatable bonds is 2. The Morgan fingerprint density at radius 2 is 1.85 bits per heavy atom. The van der Waals surface area contributed by atoms with E-state index in [1.54, 1.807) is 16.9 Å². The molecule has 2 aliphatic heterocycles. The number of carbonyl (C=O) groups excluding carboxylic acids is 1. The van der Waals surface area contributed by atoms with Crippen LogP contribution in [-0.2, 0) is 6.42 Å². The van der Waals surface area contributed by atoms with Crippen molar-refractivity contribution in [3.05, 3.63) is 88.9 Å². The van der Waals surface area contributed by atoms with E-state index in [-0.39, 0.29) is 11.5 Å². The molecule has 166 valence electrons. The van der Waals surface area contributed by atoms with Gasteiger partial charge in [-0.2, -0.15) is 0 Å². The maximum absolute atomic E-state index is 14.3. The smallest absolute Gasteiger partial charge is 0.258 e. The van der Waals surface area contributed by atoms with Crippen molar-refractivity contribution in [2.24, 2.45) is 0 Å². The van der Waals surface area contributed by atoms with Crippen LogP contribution in [0, 0.1) is 17.5 Å². The predicted molar refractivity (Wildman–Crippen MR) is 117 cm³/mol. The number of H-pyrrole nitrogens is 1. The molecule has 6 rings (SSSR count). The molecule has 0 aliphatic carbocycles. The van der Waals surface area contributed by atoms with Crippen molar-refractivity contribution in [2.45, 2.75) is 12.6 Å². The number of aromatic amines is 1. The first-order valence-electron chi connectivity index (χ1n) is 10.5. The highest BCUT2D eigenvalue weighted by Gasteiger charge is 2.44.